The summed E-state index contributed by atoms with van der Waals surface area (Å²) in [6.45, 7) is 4.04. The quantitative estimate of drug-likeness (QED) is 0.783. The Labute approximate surface area is 84.4 Å². The minimum Gasteiger partial charge on any atom is -0.330 e. The first kappa shape index (κ1) is 10.7. The van der Waals surface area contributed by atoms with Gasteiger partial charge in [0, 0.05) is 17.5 Å². The molecule has 13 heavy (non-hydrogen) atoms. The molecule has 3 heteroatoms. The zero-order valence-corrected chi connectivity index (χ0v) is 9.18. The highest BCUT2D eigenvalue weighted by Gasteiger charge is 2.08. The van der Waals surface area contributed by atoms with Crippen LogP contribution in [0.4, 0.5) is 0 Å². The highest BCUT2D eigenvalue weighted by molar-refractivity contribution is 7.09. The summed E-state index contributed by atoms with van der Waals surface area (Å²) in [4.78, 5) is 3.77. The first-order chi connectivity index (χ1) is 6.24. The van der Waals surface area contributed by atoms with Gasteiger partial charge >= 0.3 is 0 Å². The molecule has 74 valence electrons. The monoisotopic (exact) mass is 198 g/mol. The third kappa shape index (κ3) is 3.46. The van der Waals surface area contributed by atoms with E-state index in [2.05, 4.69) is 36.4 Å². The molecular weight excluding hydrogens is 180 g/mol. The maximum absolute atomic E-state index is 5.52. The van der Waals surface area contributed by atoms with Crippen LogP contribution < -0.4 is 5.73 Å². The molecule has 1 rings (SSSR count). The summed E-state index contributed by atoms with van der Waals surface area (Å²) in [5.74, 6) is 0. The van der Waals surface area contributed by atoms with E-state index in [0.29, 0.717) is 6.04 Å². The molecule has 1 aromatic rings. The molecule has 0 aliphatic carbocycles. The molecule has 0 amide bonds. The summed E-state index contributed by atoms with van der Waals surface area (Å²) in [6.07, 6.45) is 1.07. The molecule has 1 heterocycles. The van der Waals surface area contributed by atoms with Crippen LogP contribution in [0, 0.1) is 0 Å². The summed E-state index contributed by atoms with van der Waals surface area (Å²) < 4.78 is 0. The van der Waals surface area contributed by atoms with Crippen LogP contribution in [-0.2, 0) is 6.54 Å². The predicted octanol–water partition coefficient (Wildman–Crippen LogP) is 1.92. The van der Waals surface area contributed by atoms with Crippen LogP contribution in [-0.4, -0.2) is 24.5 Å². The highest BCUT2D eigenvalue weighted by Crippen LogP contribution is 2.13. The fraction of sp³-hybridized carbons (Fsp3) is 0.600. The molecular formula is C10H18N2S. The van der Waals surface area contributed by atoms with Crippen molar-refractivity contribution in [2.24, 2.45) is 5.73 Å². The third-order valence-corrected chi connectivity index (χ3v) is 3.18. The van der Waals surface area contributed by atoms with Gasteiger partial charge in [-0.1, -0.05) is 6.07 Å². The Balaban J connectivity index is 2.36. The Hall–Kier alpha value is -0.380. The Kier molecular flexibility index (Phi) is 4.42. The molecule has 2 nitrogen and oxygen atoms in total. The predicted molar refractivity (Wildman–Crippen MR) is 58.9 cm³/mol. The third-order valence-electron chi connectivity index (χ3n) is 2.32. The summed E-state index contributed by atoms with van der Waals surface area (Å²) in [6, 6.07) is 4.85. The fourth-order valence-electron chi connectivity index (χ4n) is 1.27. The van der Waals surface area contributed by atoms with E-state index in [1.165, 1.54) is 4.88 Å². The summed E-state index contributed by atoms with van der Waals surface area (Å²) in [5.41, 5.74) is 5.52. The summed E-state index contributed by atoms with van der Waals surface area (Å²) in [5, 5.41) is 2.12. The molecule has 0 aliphatic heterocycles. The summed E-state index contributed by atoms with van der Waals surface area (Å²) in [7, 11) is 2.15. The normalized spacial score (nSPS) is 13.5. The van der Waals surface area contributed by atoms with Crippen LogP contribution in [0.25, 0.3) is 0 Å². The van der Waals surface area contributed by atoms with Crippen molar-refractivity contribution >= 4 is 11.3 Å². The molecule has 0 aliphatic rings. The Morgan fingerprint density at radius 1 is 1.62 bits per heavy atom. The first-order valence-electron chi connectivity index (χ1n) is 4.66. The molecule has 1 aromatic heterocycles. The minimum absolute atomic E-state index is 0.576. The van der Waals surface area contributed by atoms with Crippen molar-refractivity contribution in [3.8, 4) is 0 Å². The summed E-state index contributed by atoms with van der Waals surface area (Å²) >= 11 is 1.81. The number of rotatable bonds is 5. The molecule has 0 fully saturated rings. The van der Waals surface area contributed by atoms with E-state index < -0.39 is 0 Å². The van der Waals surface area contributed by atoms with E-state index >= 15 is 0 Å². The molecule has 1 atom stereocenters. The maximum Gasteiger partial charge on any atom is 0.0327 e. The second-order valence-corrected chi connectivity index (χ2v) is 4.45. The molecule has 0 saturated heterocycles. The van der Waals surface area contributed by atoms with E-state index in [1.54, 1.807) is 0 Å². The van der Waals surface area contributed by atoms with Crippen LogP contribution >= 0.6 is 11.3 Å². The lowest BCUT2D eigenvalue weighted by atomic mass is 10.2. The molecule has 0 radical (unpaired) electrons. The standard InChI is InChI=1S/C10H18N2S/c1-9(5-6-11)12(2)8-10-4-3-7-13-10/h3-4,7,9H,5-6,8,11H2,1-2H3. The molecule has 0 saturated carbocycles. The van der Waals surface area contributed by atoms with Gasteiger partial charge in [-0.25, -0.2) is 0 Å². The van der Waals surface area contributed by atoms with E-state index in [0.717, 1.165) is 19.5 Å². The first-order valence-corrected chi connectivity index (χ1v) is 5.54. The lowest BCUT2D eigenvalue weighted by molar-refractivity contribution is 0.242. The van der Waals surface area contributed by atoms with Gasteiger partial charge in [0.15, 0.2) is 0 Å². The molecule has 0 bridgehead atoms. The van der Waals surface area contributed by atoms with Gasteiger partial charge in [0.05, 0.1) is 0 Å². The van der Waals surface area contributed by atoms with Gasteiger partial charge in [-0.3, -0.25) is 4.90 Å². The number of hydrogen-bond acceptors (Lipinski definition) is 3. The second kappa shape index (κ2) is 5.37. The van der Waals surface area contributed by atoms with Gasteiger partial charge in [-0.2, -0.15) is 0 Å². The van der Waals surface area contributed by atoms with Crippen molar-refractivity contribution in [1.29, 1.82) is 0 Å². The Bertz CT molecular complexity index is 221. The largest absolute Gasteiger partial charge is 0.330 e. The maximum atomic E-state index is 5.52. The smallest absolute Gasteiger partial charge is 0.0327 e. The number of nitrogens with two attached hydrogens (primary N) is 1. The second-order valence-electron chi connectivity index (χ2n) is 3.42. The Morgan fingerprint density at radius 3 is 2.92 bits per heavy atom. The number of nitrogens with zero attached hydrogens (tertiary/aromatic N) is 1. The lowest BCUT2D eigenvalue weighted by Crippen LogP contribution is -2.30. The van der Waals surface area contributed by atoms with Crippen LogP contribution in [0.15, 0.2) is 17.5 Å². The van der Waals surface area contributed by atoms with Crippen molar-refractivity contribution in [2.75, 3.05) is 13.6 Å². The molecule has 0 spiro atoms. The number of hydrogen-bond donors (Lipinski definition) is 1. The molecule has 2 N–H and O–H groups in total. The van der Waals surface area contributed by atoms with Gasteiger partial charge in [0.2, 0.25) is 0 Å². The number of thiophene rings is 1. The topological polar surface area (TPSA) is 29.3 Å². The van der Waals surface area contributed by atoms with Crippen LogP contribution in [0.1, 0.15) is 18.2 Å². The minimum atomic E-state index is 0.576. The highest BCUT2D eigenvalue weighted by atomic mass is 32.1. The van der Waals surface area contributed by atoms with Crippen molar-refractivity contribution in [3.63, 3.8) is 0 Å². The van der Waals surface area contributed by atoms with Crippen molar-refractivity contribution in [3.05, 3.63) is 22.4 Å². The van der Waals surface area contributed by atoms with Crippen LogP contribution in [0.2, 0.25) is 0 Å². The zero-order chi connectivity index (χ0) is 9.68. The SMILES string of the molecule is CC(CCN)N(C)Cc1cccs1. The molecule has 0 aromatic carbocycles. The zero-order valence-electron chi connectivity index (χ0n) is 8.36. The van der Waals surface area contributed by atoms with E-state index in [-0.39, 0.29) is 0 Å². The van der Waals surface area contributed by atoms with Crippen LogP contribution in [0.3, 0.4) is 0 Å². The van der Waals surface area contributed by atoms with Gasteiger partial charge in [-0.15, -0.1) is 11.3 Å². The van der Waals surface area contributed by atoms with E-state index in [9.17, 15) is 0 Å². The van der Waals surface area contributed by atoms with Crippen molar-refractivity contribution in [2.45, 2.75) is 25.9 Å². The van der Waals surface area contributed by atoms with Gasteiger partial charge in [0.1, 0.15) is 0 Å². The Morgan fingerprint density at radius 2 is 2.38 bits per heavy atom. The fourth-order valence-corrected chi connectivity index (χ4v) is 2.03. The lowest BCUT2D eigenvalue weighted by Gasteiger charge is -2.23. The average Bonchev–Trinajstić information content (AvgIpc) is 2.57. The van der Waals surface area contributed by atoms with E-state index in [1.807, 2.05) is 11.3 Å². The van der Waals surface area contributed by atoms with Gasteiger partial charge < -0.3 is 5.73 Å². The van der Waals surface area contributed by atoms with E-state index in [4.69, 9.17) is 5.73 Å². The molecule has 1 unspecified atom stereocenters. The van der Waals surface area contributed by atoms with Gasteiger partial charge in [0.25, 0.3) is 0 Å². The van der Waals surface area contributed by atoms with Crippen molar-refractivity contribution < 1.29 is 0 Å². The van der Waals surface area contributed by atoms with Crippen LogP contribution in [0.5, 0.6) is 0 Å². The van der Waals surface area contributed by atoms with Gasteiger partial charge in [-0.05, 0) is 38.4 Å². The van der Waals surface area contributed by atoms with Crippen molar-refractivity contribution in [1.82, 2.24) is 4.90 Å². The average molecular weight is 198 g/mol.